The molecule has 0 N–H and O–H groups in total. The lowest BCUT2D eigenvalue weighted by atomic mass is 9.76. The zero-order valence-electron chi connectivity index (χ0n) is 25.5. The lowest BCUT2D eigenvalue weighted by molar-refractivity contribution is -0.132. The highest BCUT2D eigenvalue weighted by Gasteiger charge is 2.54. The van der Waals surface area contributed by atoms with Crippen LogP contribution < -0.4 is 14.2 Å². The zero-order chi connectivity index (χ0) is 32.6. The second-order valence-electron chi connectivity index (χ2n) is 11.6. The zero-order valence-corrected chi connectivity index (χ0v) is 26.2. The standard InChI is InChI=1S/C39H25ClO7/c1-20-23-10-4-6-12-25(23)37(26-13-7-5-11-24(20)26)28-16-30-34(18-33(28)44-21(2)41)46-35-19-36(45-22(3)42)32(40)17-31(35)39(30)29-15-9-8-14-27(29)38(43)47-39/h4-19H,1-3H3. The molecule has 0 radical (unpaired) electrons. The second-order valence-corrected chi connectivity index (χ2v) is 12.0. The Kier molecular flexibility index (Phi) is 6.39. The molecule has 0 fully saturated rings. The van der Waals surface area contributed by atoms with E-state index >= 15 is 0 Å². The molecule has 0 bridgehead atoms. The van der Waals surface area contributed by atoms with Crippen molar-refractivity contribution in [1.82, 2.24) is 0 Å². The summed E-state index contributed by atoms with van der Waals surface area (Å²) in [6, 6.07) is 30.0. The average Bonchev–Trinajstić information content (AvgIpc) is 3.34. The third-order valence-corrected chi connectivity index (χ3v) is 9.14. The van der Waals surface area contributed by atoms with Gasteiger partial charge in [0.15, 0.2) is 11.4 Å². The van der Waals surface area contributed by atoms with E-state index in [1.54, 1.807) is 24.3 Å². The number of rotatable bonds is 3. The Hall–Kier alpha value is -5.66. The fourth-order valence-electron chi connectivity index (χ4n) is 7.00. The molecule has 6 aromatic rings. The topological polar surface area (TPSA) is 88.1 Å². The van der Waals surface area contributed by atoms with E-state index in [2.05, 4.69) is 19.1 Å². The minimum Gasteiger partial charge on any atom is -0.456 e. The van der Waals surface area contributed by atoms with Gasteiger partial charge in [-0.1, -0.05) is 78.3 Å². The molecule has 1 spiro atoms. The Balaban J connectivity index is 1.51. The van der Waals surface area contributed by atoms with Crippen LogP contribution in [0.5, 0.6) is 23.0 Å². The maximum atomic E-state index is 13.6. The molecule has 2 heterocycles. The van der Waals surface area contributed by atoms with E-state index in [0.717, 1.165) is 32.7 Å². The number of aryl methyl sites for hydroxylation is 1. The van der Waals surface area contributed by atoms with E-state index in [4.69, 9.17) is 30.5 Å². The maximum absolute atomic E-state index is 13.6. The van der Waals surface area contributed by atoms with E-state index in [-0.39, 0.29) is 22.3 Å². The molecule has 6 aromatic carbocycles. The summed E-state index contributed by atoms with van der Waals surface area (Å²) in [5.41, 5.74) is 3.05. The van der Waals surface area contributed by atoms with Crippen molar-refractivity contribution < 1.29 is 33.3 Å². The van der Waals surface area contributed by atoms with Gasteiger partial charge in [-0.25, -0.2) is 4.79 Å². The summed E-state index contributed by atoms with van der Waals surface area (Å²) in [6.07, 6.45) is 0. The molecule has 7 nitrogen and oxygen atoms in total. The predicted molar refractivity (Wildman–Crippen MR) is 178 cm³/mol. The summed E-state index contributed by atoms with van der Waals surface area (Å²) in [6.45, 7) is 4.71. The summed E-state index contributed by atoms with van der Waals surface area (Å²) in [7, 11) is 0. The van der Waals surface area contributed by atoms with E-state index in [1.165, 1.54) is 19.9 Å². The highest BCUT2D eigenvalue weighted by Crippen LogP contribution is 2.59. The van der Waals surface area contributed by atoms with Crippen molar-refractivity contribution in [1.29, 1.82) is 0 Å². The van der Waals surface area contributed by atoms with Crippen molar-refractivity contribution in [2.75, 3.05) is 0 Å². The van der Waals surface area contributed by atoms with Crippen LogP contribution in [0.1, 0.15) is 46.5 Å². The van der Waals surface area contributed by atoms with Crippen LogP contribution in [-0.2, 0) is 19.9 Å². The highest BCUT2D eigenvalue weighted by molar-refractivity contribution is 6.32. The molecule has 2 aliphatic heterocycles. The molecule has 1 atom stereocenters. The molecule has 0 amide bonds. The van der Waals surface area contributed by atoms with E-state index in [9.17, 15) is 14.4 Å². The van der Waals surface area contributed by atoms with Gasteiger partial charge < -0.3 is 18.9 Å². The van der Waals surface area contributed by atoms with Crippen LogP contribution >= 0.6 is 11.6 Å². The lowest BCUT2D eigenvalue weighted by Crippen LogP contribution is -2.33. The molecule has 0 aromatic heterocycles. The van der Waals surface area contributed by atoms with Gasteiger partial charge in [-0.15, -0.1) is 0 Å². The van der Waals surface area contributed by atoms with Gasteiger partial charge in [0, 0.05) is 53.8 Å². The summed E-state index contributed by atoms with van der Waals surface area (Å²) < 4.78 is 24.1. The largest absolute Gasteiger partial charge is 0.456 e. The van der Waals surface area contributed by atoms with Crippen LogP contribution in [0.2, 0.25) is 5.02 Å². The first-order chi connectivity index (χ1) is 22.7. The molecule has 0 aliphatic carbocycles. The summed E-state index contributed by atoms with van der Waals surface area (Å²) in [4.78, 5) is 38.0. The Morgan fingerprint density at radius 2 is 1.19 bits per heavy atom. The van der Waals surface area contributed by atoms with Crippen molar-refractivity contribution in [3.63, 3.8) is 0 Å². The smallest absolute Gasteiger partial charge is 0.340 e. The maximum Gasteiger partial charge on any atom is 0.340 e. The van der Waals surface area contributed by atoms with Crippen molar-refractivity contribution >= 4 is 51.1 Å². The lowest BCUT2D eigenvalue weighted by Gasteiger charge is -2.37. The van der Waals surface area contributed by atoms with E-state index in [1.807, 2.05) is 54.6 Å². The highest BCUT2D eigenvalue weighted by atomic mass is 35.5. The number of ether oxygens (including phenoxy) is 4. The third-order valence-electron chi connectivity index (χ3n) is 8.84. The van der Waals surface area contributed by atoms with Crippen LogP contribution in [-0.4, -0.2) is 17.9 Å². The fourth-order valence-corrected chi connectivity index (χ4v) is 7.20. The van der Waals surface area contributed by atoms with E-state index in [0.29, 0.717) is 33.6 Å². The van der Waals surface area contributed by atoms with Crippen molar-refractivity contribution in [2.45, 2.75) is 26.4 Å². The van der Waals surface area contributed by atoms with Crippen LogP contribution in [0.4, 0.5) is 0 Å². The van der Waals surface area contributed by atoms with Gasteiger partial charge in [-0.05, 0) is 52.2 Å². The van der Waals surface area contributed by atoms with Crippen LogP contribution in [0.3, 0.4) is 0 Å². The molecule has 0 saturated carbocycles. The first-order valence-electron chi connectivity index (χ1n) is 15.0. The van der Waals surface area contributed by atoms with Crippen molar-refractivity contribution in [2.24, 2.45) is 0 Å². The molecule has 1 unspecified atom stereocenters. The monoisotopic (exact) mass is 640 g/mol. The second kappa shape index (κ2) is 10.4. The van der Waals surface area contributed by atoms with Crippen LogP contribution in [0, 0.1) is 6.92 Å². The Labute approximate surface area is 274 Å². The van der Waals surface area contributed by atoms with E-state index < -0.39 is 23.5 Å². The number of hydrogen-bond donors (Lipinski definition) is 0. The summed E-state index contributed by atoms with van der Waals surface area (Å²) >= 11 is 6.68. The van der Waals surface area contributed by atoms with Crippen molar-refractivity contribution in [3.05, 3.63) is 130 Å². The summed E-state index contributed by atoms with van der Waals surface area (Å²) in [5.74, 6) is -0.691. The molecular formula is C39H25ClO7. The molecule has 8 rings (SSSR count). The Bertz CT molecular complexity index is 2320. The number of carbonyl (C=O) groups is 3. The summed E-state index contributed by atoms with van der Waals surface area (Å²) in [5, 5.41) is 4.15. The number of carbonyl (C=O) groups excluding carboxylic acids is 3. The van der Waals surface area contributed by atoms with Crippen LogP contribution in [0.15, 0.2) is 97.1 Å². The van der Waals surface area contributed by atoms with Gasteiger partial charge in [0.05, 0.1) is 10.6 Å². The average molecular weight is 641 g/mol. The Morgan fingerprint density at radius 1 is 0.660 bits per heavy atom. The van der Waals surface area contributed by atoms with Gasteiger partial charge in [0.25, 0.3) is 0 Å². The number of hydrogen-bond acceptors (Lipinski definition) is 7. The first-order valence-corrected chi connectivity index (χ1v) is 15.4. The predicted octanol–water partition coefficient (Wildman–Crippen LogP) is 9.04. The quantitative estimate of drug-likeness (QED) is 0.108. The number of benzene rings is 6. The number of esters is 3. The molecule has 8 heteroatoms. The molecule has 0 saturated heterocycles. The third kappa shape index (κ3) is 4.23. The minimum atomic E-state index is -1.49. The first kappa shape index (κ1) is 28.8. The minimum absolute atomic E-state index is 0.0866. The normalized spacial score (nSPS) is 15.9. The molecule has 230 valence electrons. The Morgan fingerprint density at radius 3 is 1.83 bits per heavy atom. The van der Waals surface area contributed by atoms with Crippen LogP contribution in [0.25, 0.3) is 32.7 Å². The van der Waals surface area contributed by atoms with Crippen molar-refractivity contribution in [3.8, 4) is 34.1 Å². The molecule has 47 heavy (non-hydrogen) atoms. The van der Waals surface area contributed by atoms with Gasteiger partial charge in [0.1, 0.15) is 17.2 Å². The SMILES string of the molecule is CC(=O)Oc1cc2c(cc1Cl)C1(OC(=O)c3ccccc31)c1cc(-c3c4ccccc4c(C)c4ccccc34)c(OC(C)=O)cc1O2. The van der Waals surface area contributed by atoms with Gasteiger partial charge in [0.2, 0.25) is 0 Å². The van der Waals surface area contributed by atoms with Gasteiger partial charge in [-0.3, -0.25) is 9.59 Å². The molecular weight excluding hydrogens is 616 g/mol. The fraction of sp³-hybridized carbons (Fsp3) is 0.103. The number of fused-ring (bicyclic) bond motifs is 8. The number of halogens is 1. The van der Waals surface area contributed by atoms with Gasteiger partial charge >= 0.3 is 17.9 Å². The van der Waals surface area contributed by atoms with Gasteiger partial charge in [-0.2, -0.15) is 0 Å². The molecule has 2 aliphatic rings.